The number of imide groups is 1. The number of allylic oxidation sites excluding steroid dienone is 1. The zero-order valence-corrected chi connectivity index (χ0v) is 17.9. The number of halogens is 1. The highest BCUT2D eigenvalue weighted by atomic mass is 127. The Bertz CT molecular complexity index is 822. The molecular weight excluding hydrogens is 465 g/mol. The van der Waals surface area contributed by atoms with E-state index in [1.807, 2.05) is 60.7 Å². The first-order chi connectivity index (χ1) is 13.6. The minimum absolute atomic E-state index is 0.168. The predicted octanol–water partition coefficient (Wildman–Crippen LogP) is 4.82. The number of carbonyl (C=O) groups is 2. The van der Waals surface area contributed by atoms with Crippen molar-refractivity contribution in [2.45, 2.75) is 25.3 Å². The highest BCUT2D eigenvalue weighted by Crippen LogP contribution is 2.25. The molecule has 3 rings (SSSR count). The van der Waals surface area contributed by atoms with Crippen molar-refractivity contribution in [2.75, 3.05) is 11.0 Å². The minimum atomic E-state index is -0.538. The number of carbonyl (C=O) groups excluding carboxylic acids is 2. The van der Waals surface area contributed by atoms with Gasteiger partial charge < -0.3 is 4.74 Å². The fourth-order valence-electron chi connectivity index (χ4n) is 3.51. The Hall–Kier alpha value is -2.15. The number of benzene rings is 2. The number of hydrogen-bond donors (Lipinski definition) is 0. The lowest BCUT2D eigenvalue weighted by atomic mass is 9.91. The third kappa shape index (κ3) is 5.22. The van der Waals surface area contributed by atoms with Crippen LogP contribution in [0.5, 0.6) is 0 Å². The van der Waals surface area contributed by atoms with Crippen LogP contribution in [-0.2, 0) is 22.4 Å². The highest BCUT2D eigenvalue weighted by molar-refractivity contribution is 14.1. The van der Waals surface area contributed by atoms with Crippen LogP contribution in [0.4, 0.5) is 4.79 Å². The zero-order valence-electron chi connectivity index (χ0n) is 15.7. The van der Waals surface area contributed by atoms with Gasteiger partial charge in [0.2, 0.25) is 5.91 Å². The van der Waals surface area contributed by atoms with Gasteiger partial charge in [-0.3, -0.25) is 4.79 Å². The van der Waals surface area contributed by atoms with E-state index >= 15 is 0 Å². The first kappa shape index (κ1) is 20.6. The lowest BCUT2D eigenvalue weighted by molar-refractivity contribution is -0.133. The lowest BCUT2D eigenvalue weighted by Crippen LogP contribution is -2.44. The number of amides is 2. The van der Waals surface area contributed by atoms with E-state index in [0.29, 0.717) is 19.3 Å². The number of ether oxygens (including phenoxy) is 1. The standard InChI is InChI=1S/C23H24INO3/c1-17(15-24)12-20(13-18-8-4-2-5-9-18)22(26)25-21(16-28-23(25)27)14-19-10-6-3-7-11-19/h2-11,20-21H,1,12-16H2/t20?,21-/m0/s1. The van der Waals surface area contributed by atoms with Crippen molar-refractivity contribution in [3.63, 3.8) is 0 Å². The summed E-state index contributed by atoms with van der Waals surface area (Å²) in [6.45, 7) is 4.32. The second-order valence-corrected chi connectivity index (χ2v) is 7.87. The maximum absolute atomic E-state index is 13.4. The van der Waals surface area contributed by atoms with Gasteiger partial charge in [0.15, 0.2) is 0 Å². The summed E-state index contributed by atoms with van der Waals surface area (Å²) < 4.78 is 6.03. The van der Waals surface area contributed by atoms with E-state index < -0.39 is 6.09 Å². The summed E-state index contributed by atoms with van der Waals surface area (Å²) in [6.07, 6.45) is 1.21. The molecule has 2 amide bonds. The van der Waals surface area contributed by atoms with E-state index in [2.05, 4.69) is 29.2 Å². The summed E-state index contributed by atoms with van der Waals surface area (Å²) in [6, 6.07) is 19.5. The van der Waals surface area contributed by atoms with Crippen molar-refractivity contribution in [1.82, 2.24) is 4.90 Å². The molecule has 1 heterocycles. The summed E-state index contributed by atoms with van der Waals surface area (Å²) in [4.78, 5) is 27.1. The van der Waals surface area contributed by atoms with E-state index in [1.54, 1.807) is 0 Å². The van der Waals surface area contributed by atoms with Gasteiger partial charge in [0.25, 0.3) is 0 Å². The van der Waals surface area contributed by atoms with Gasteiger partial charge in [0.1, 0.15) is 6.61 Å². The molecule has 0 radical (unpaired) electrons. The average molecular weight is 489 g/mol. The smallest absolute Gasteiger partial charge is 0.416 e. The quantitative estimate of drug-likeness (QED) is 0.304. The van der Waals surface area contributed by atoms with Crippen LogP contribution in [0, 0.1) is 5.92 Å². The molecule has 0 bridgehead atoms. The van der Waals surface area contributed by atoms with Crippen LogP contribution in [0.3, 0.4) is 0 Å². The Labute approximate surface area is 179 Å². The van der Waals surface area contributed by atoms with Crippen LogP contribution >= 0.6 is 22.6 Å². The van der Waals surface area contributed by atoms with Gasteiger partial charge in [-0.1, -0.05) is 95.4 Å². The summed E-state index contributed by atoms with van der Waals surface area (Å²) in [5.74, 6) is -0.494. The molecule has 2 atom stereocenters. The SMILES string of the molecule is C=C(CI)CC(Cc1ccccc1)C(=O)N1C(=O)OC[C@@H]1Cc1ccccc1. The molecule has 2 aromatic rings. The second-order valence-electron chi connectivity index (χ2n) is 7.10. The van der Waals surface area contributed by atoms with Crippen molar-refractivity contribution in [3.05, 3.63) is 83.9 Å². The molecular formula is C23H24INO3. The second kappa shape index (κ2) is 9.87. The number of nitrogens with zero attached hydrogens (tertiary/aromatic N) is 1. The van der Waals surface area contributed by atoms with Crippen molar-refractivity contribution < 1.29 is 14.3 Å². The van der Waals surface area contributed by atoms with Gasteiger partial charge in [-0.15, -0.1) is 0 Å². The fraction of sp³-hybridized carbons (Fsp3) is 0.304. The van der Waals surface area contributed by atoms with Crippen molar-refractivity contribution >= 4 is 34.6 Å². The molecule has 0 N–H and O–H groups in total. The van der Waals surface area contributed by atoms with Gasteiger partial charge >= 0.3 is 6.09 Å². The molecule has 5 heteroatoms. The normalized spacial score (nSPS) is 17.2. The molecule has 0 aromatic heterocycles. The molecule has 0 spiro atoms. The van der Waals surface area contributed by atoms with E-state index in [-0.39, 0.29) is 24.5 Å². The van der Waals surface area contributed by atoms with Crippen molar-refractivity contribution in [1.29, 1.82) is 0 Å². The van der Waals surface area contributed by atoms with Crippen LogP contribution in [0.25, 0.3) is 0 Å². The third-order valence-corrected chi connectivity index (χ3v) is 5.99. The first-order valence-corrected chi connectivity index (χ1v) is 10.9. The molecule has 2 aromatic carbocycles. The molecule has 0 saturated carbocycles. The topological polar surface area (TPSA) is 46.6 Å². The maximum Gasteiger partial charge on any atom is 0.416 e. The summed E-state index contributed by atoms with van der Waals surface area (Å²) >= 11 is 2.26. The molecule has 1 aliphatic heterocycles. The summed E-state index contributed by atoms with van der Waals surface area (Å²) in [7, 11) is 0. The van der Waals surface area contributed by atoms with Crippen molar-refractivity contribution in [2.24, 2.45) is 5.92 Å². The summed E-state index contributed by atoms with van der Waals surface area (Å²) in [5, 5.41) is 0. The Morgan fingerprint density at radius 2 is 1.71 bits per heavy atom. The molecule has 1 saturated heterocycles. The van der Waals surface area contributed by atoms with Crippen LogP contribution in [0.1, 0.15) is 17.5 Å². The third-order valence-electron chi connectivity index (χ3n) is 4.91. The Balaban J connectivity index is 1.80. The van der Waals surface area contributed by atoms with Gasteiger partial charge in [-0.2, -0.15) is 0 Å². The molecule has 1 aliphatic rings. The minimum Gasteiger partial charge on any atom is -0.447 e. The first-order valence-electron chi connectivity index (χ1n) is 9.38. The van der Waals surface area contributed by atoms with E-state index in [0.717, 1.165) is 21.1 Å². The number of alkyl halides is 1. The van der Waals surface area contributed by atoms with Gasteiger partial charge in [0, 0.05) is 10.3 Å². The van der Waals surface area contributed by atoms with Crippen LogP contribution < -0.4 is 0 Å². The number of rotatable bonds is 8. The van der Waals surface area contributed by atoms with E-state index in [9.17, 15) is 9.59 Å². The van der Waals surface area contributed by atoms with Crippen LogP contribution in [0.15, 0.2) is 72.8 Å². The van der Waals surface area contributed by atoms with E-state index in [1.165, 1.54) is 4.90 Å². The average Bonchev–Trinajstić information content (AvgIpc) is 3.08. The number of cyclic esters (lactones) is 1. The lowest BCUT2D eigenvalue weighted by Gasteiger charge is -2.25. The largest absolute Gasteiger partial charge is 0.447 e. The molecule has 1 fully saturated rings. The molecule has 4 nitrogen and oxygen atoms in total. The fourth-order valence-corrected chi connectivity index (χ4v) is 3.82. The molecule has 1 unspecified atom stereocenters. The molecule has 28 heavy (non-hydrogen) atoms. The monoisotopic (exact) mass is 489 g/mol. The number of hydrogen-bond acceptors (Lipinski definition) is 3. The van der Waals surface area contributed by atoms with Gasteiger partial charge in [-0.25, -0.2) is 9.69 Å². The Morgan fingerprint density at radius 1 is 1.11 bits per heavy atom. The van der Waals surface area contributed by atoms with Crippen molar-refractivity contribution in [3.8, 4) is 0 Å². The van der Waals surface area contributed by atoms with Crippen LogP contribution in [0.2, 0.25) is 0 Å². The molecule has 146 valence electrons. The molecule has 0 aliphatic carbocycles. The van der Waals surface area contributed by atoms with Gasteiger partial charge in [-0.05, 0) is 30.4 Å². The maximum atomic E-state index is 13.4. The van der Waals surface area contributed by atoms with Gasteiger partial charge in [0.05, 0.1) is 6.04 Å². The van der Waals surface area contributed by atoms with E-state index in [4.69, 9.17) is 4.74 Å². The highest BCUT2D eigenvalue weighted by Gasteiger charge is 2.40. The van der Waals surface area contributed by atoms with Crippen LogP contribution in [-0.4, -0.2) is 34.0 Å². The Morgan fingerprint density at radius 3 is 2.32 bits per heavy atom. The zero-order chi connectivity index (χ0) is 19.9. The Kier molecular flexibility index (Phi) is 7.25. The predicted molar refractivity (Wildman–Crippen MR) is 118 cm³/mol. The summed E-state index contributed by atoms with van der Waals surface area (Å²) in [5.41, 5.74) is 3.16.